The van der Waals surface area contributed by atoms with Crippen molar-refractivity contribution >= 4 is 40.4 Å². The number of benzene rings is 2. The fourth-order valence-electron chi connectivity index (χ4n) is 3.99. The molecule has 4 atom stereocenters. The van der Waals surface area contributed by atoms with E-state index >= 15 is 0 Å². The Bertz CT molecular complexity index is 1420. The number of aromatic amines is 1. The zero-order valence-corrected chi connectivity index (χ0v) is 24.4. The number of sulfonamides is 1. The van der Waals surface area contributed by atoms with Crippen molar-refractivity contribution < 1.29 is 27.9 Å². The highest BCUT2D eigenvalue weighted by atomic mass is 32.2. The highest BCUT2D eigenvalue weighted by molar-refractivity contribution is 7.89. The number of imidazole rings is 1. The number of nitrogens with one attached hydrogen (secondary N) is 4. The molecule has 0 aliphatic carbocycles. The molecule has 3 aromatic rings. The summed E-state index contributed by atoms with van der Waals surface area (Å²) in [5.41, 5.74) is 8.06. The Hall–Kier alpha value is -3.92. The minimum atomic E-state index is -3.80. The molecule has 0 radical (unpaired) electrons. The molecule has 1 aromatic heterocycles. The van der Waals surface area contributed by atoms with Gasteiger partial charge in [-0.15, -0.1) is 0 Å². The van der Waals surface area contributed by atoms with Crippen LogP contribution < -0.4 is 26.8 Å². The number of phenols is 1. The molecule has 13 nitrogen and oxygen atoms in total. The number of aromatic nitrogens is 2. The van der Waals surface area contributed by atoms with Crippen LogP contribution in [0.3, 0.4) is 0 Å². The normalized spacial score (nSPS) is 14.3. The van der Waals surface area contributed by atoms with Crippen LogP contribution in [0.5, 0.6) is 5.75 Å². The Morgan fingerprint density at radius 3 is 2.19 bits per heavy atom. The summed E-state index contributed by atoms with van der Waals surface area (Å²) >= 11 is 4.24. The van der Waals surface area contributed by atoms with E-state index in [4.69, 9.17) is 10.9 Å². The van der Waals surface area contributed by atoms with E-state index in [-0.39, 0.29) is 31.6 Å². The van der Waals surface area contributed by atoms with E-state index in [1.165, 1.54) is 24.7 Å². The number of H-pyrrole nitrogens is 1. The van der Waals surface area contributed by atoms with E-state index in [1.807, 2.05) is 30.3 Å². The predicted molar refractivity (Wildman–Crippen MR) is 160 cm³/mol. The van der Waals surface area contributed by atoms with Crippen LogP contribution in [-0.4, -0.2) is 70.3 Å². The van der Waals surface area contributed by atoms with Gasteiger partial charge in [0.05, 0.1) is 17.3 Å². The summed E-state index contributed by atoms with van der Waals surface area (Å²) in [7, 11) is -3.80. The van der Waals surface area contributed by atoms with Gasteiger partial charge in [0.15, 0.2) is 0 Å². The maximum absolute atomic E-state index is 13.6. The number of hydrogen-bond donors (Lipinski definition) is 8. The fourth-order valence-corrected chi connectivity index (χ4v) is 4.82. The van der Waals surface area contributed by atoms with Crippen LogP contribution in [0.25, 0.3) is 0 Å². The average molecular weight is 618 g/mol. The summed E-state index contributed by atoms with van der Waals surface area (Å²) in [4.78, 5) is 46.7. The third-order valence-electron chi connectivity index (χ3n) is 6.34. The second-order valence-corrected chi connectivity index (χ2v) is 12.0. The quantitative estimate of drug-likeness (QED) is 0.104. The fraction of sp³-hybridized carbons (Fsp3) is 0.333. The van der Waals surface area contributed by atoms with Crippen LogP contribution in [0.4, 0.5) is 0 Å². The Balaban J connectivity index is 1.77. The standard InChI is InChI=1S/C27H35N7O6S2/c28-21(10-11-42(29,39)40)24(41)27(38)34-22(12-17-6-8-20(35)9-7-17)26(37)33-23(13-19-15-30-16-32-19)25(36)31-14-18-4-2-1-3-5-18/h1-9,15-16,21-24,35,41H,10-14,28H2,(H,30,32)(H,31,36)(H,33,37)(H,34,38)(H2,29,39,40)/t21-,22-,23-,24-/m0/s1. The summed E-state index contributed by atoms with van der Waals surface area (Å²) in [5.74, 6) is -2.24. The molecule has 0 aliphatic rings. The van der Waals surface area contributed by atoms with Gasteiger partial charge in [-0.2, -0.15) is 12.6 Å². The van der Waals surface area contributed by atoms with E-state index < -0.39 is 56.9 Å². The van der Waals surface area contributed by atoms with Gasteiger partial charge >= 0.3 is 0 Å². The first-order valence-electron chi connectivity index (χ1n) is 13.0. The molecule has 9 N–H and O–H groups in total. The van der Waals surface area contributed by atoms with Gasteiger partial charge in [-0.1, -0.05) is 42.5 Å². The number of phenolic OH excluding ortho intramolecular Hbond substituents is 1. The van der Waals surface area contributed by atoms with Gasteiger partial charge < -0.3 is 31.8 Å². The van der Waals surface area contributed by atoms with Crippen LogP contribution in [0, 0.1) is 0 Å². The van der Waals surface area contributed by atoms with Gasteiger partial charge in [0.1, 0.15) is 17.8 Å². The van der Waals surface area contributed by atoms with E-state index in [0.29, 0.717) is 11.3 Å². The van der Waals surface area contributed by atoms with E-state index in [0.717, 1.165) is 5.56 Å². The molecule has 2 aromatic carbocycles. The Labute approximate surface area is 249 Å². The molecule has 0 saturated carbocycles. The topological polar surface area (TPSA) is 222 Å². The van der Waals surface area contributed by atoms with Crippen molar-refractivity contribution in [2.45, 2.75) is 49.2 Å². The van der Waals surface area contributed by atoms with Crippen molar-refractivity contribution in [2.24, 2.45) is 10.9 Å². The summed E-state index contributed by atoms with van der Waals surface area (Å²) in [6, 6.07) is 12.1. The third kappa shape index (κ3) is 10.8. The number of carbonyl (C=O) groups is 3. The van der Waals surface area contributed by atoms with Gasteiger partial charge in [0.25, 0.3) is 0 Å². The van der Waals surface area contributed by atoms with Crippen LogP contribution in [0.15, 0.2) is 67.1 Å². The number of rotatable bonds is 15. The molecule has 3 amide bonds. The highest BCUT2D eigenvalue weighted by Gasteiger charge is 2.31. The van der Waals surface area contributed by atoms with E-state index in [1.54, 1.807) is 12.1 Å². The molecule has 226 valence electrons. The summed E-state index contributed by atoms with van der Waals surface area (Å²) in [6.07, 6.45) is 2.97. The molecule has 0 bridgehead atoms. The van der Waals surface area contributed by atoms with Crippen LogP contribution in [0.2, 0.25) is 0 Å². The minimum absolute atomic E-state index is 0.00712. The second kappa shape index (κ2) is 15.3. The van der Waals surface area contributed by atoms with Gasteiger partial charge in [-0.3, -0.25) is 14.4 Å². The molecular weight excluding hydrogens is 582 g/mol. The lowest BCUT2D eigenvalue weighted by atomic mass is 10.0. The van der Waals surface area contributed by atoms with Crippen molar-refractivity contribution in [3.05, 3.63) is 83.9 Å². The van der Waals surface area contributed by atoms with Crippen molar-refractivity contribution in [3.8, 4) is 5.75 Å². The number of hydrogen-bond acceptors (Lipinski definition) is 9. The Kier molecular flexibility index (Phi) is 11.9. The summed E-state index contributed by atoms with van der Waals surface area (Å²) < 4.78 is 22.6. The minimum Gasteiger partial charge on any atom is -0.508 e. The van der Waals surface area contributed by atoms with Crippen molar-refractivity contribution in [3.63, 3.8) is 0 Å². The molecule has 0 unspecified atom stereocenters. The van der Waals surface area contributed by atoms with Crippen LogP contribution >= 0.6 is 12.6 Å². The molecule has 3 rings (SSSR count). The lowest BCUT2D eigenvalue weighted by molar-refractivity contribution is -0.132. The number of primary sulfonamides is 1. The first kappa shape index (κ1) is 32.6. The molecule has 1 heterocycles. The van der Waals surface area contributed by atoms with Gasteiger partial charge in [0, 0.05) is 37.3 Å². The zero-order valence-electron chi connectivity index (χ0n) is 22.6. The number of carbonyl (C=O) groups excluding carboxylic acids is 3. The second-order valence-electron chi connectivity index (χ2n) is 9.74. The van der Waals surface area contributed by atoms with E-state index in [2.05, 4.69) is 38.5 Å². The number of nitrogens with zero attached hydrogens (tertiary/aromatic N) is 1. The Morgan fingerprint density at radius 2 is 1.57 bits per heavy atom. The predicted octanol–water partition coefficient (Wildman–Crippen LogP) is -0.509. The number of nitrogens with two attached hydrogens (primary N) is 2. The smallest absolute Gasteiger partial charge is 0.243 e. The first-order valence-corrected chi connectivity index (χ1v) is 15.3. The lowest BCUT2D eigenvalue weighted by Gasteiger charge is -2.25. The lowest BCUT2D eigenvalue weighted by Crippen LogP contribution is -2.57. The van der Waals surface area contributed by atoms with Gasteiger partial charge in [-0.25, -0.2) is 18.5 Å². The number of amides is 3. The number of aromatic hydroxyl groups is 1. The largest absolute Gasteiger partial charge is 0.508 e. The van der Waals surface area contributed by atoms with Gasteiger partial charge in [-0.05, 0) is 29.7 Å². The Morgan fingerprint density at radius 1 is 0.929 bits per heavy atom. The average Bonchev–Trinajstić information content (AvgIpc) is 3.48. The van der Waals surface area contributed by atoms with Crippen molar-refractivity contribution in [1.82, 2.24) is 25.9 Å². The summed E-state index contributed by atoms with van der Waals surface area (Å²) in [6.45, 7) is 0.237. The molecule has 0 aliphatic heterocycles. The van der Waals surface area contributed by atoms with Crippen molar-refractivity contribution in [1.29, 1.82) is 0 Å². The SMILES string of the molecule is N[C@@H](CCS(N)(=O)=O)[C@H](S)C(=O)N[C@@H](Cc1ccc(O)cc1)C(=O)N[C@@H](Cc1cnc[nH]1)C(=O)NCc1ccccc1. The molecule has 15 heteroatoms. The molecule has 0 fully saturated rings. The molecule has 42 heavy (non-hydrogen) atoms. The van der Waals surface area contributed by atoms with Gasteiger partial charge in [0.2, 0.25) is 27.7 Å². The first-order chi connectivity index (χ1) is 19.9. The monoisotopic (exact) mass is 617 g/mol. The highest BCUT2D eigenvalue weighted by Crippen LogP contribution is 2.13. The molecule has 0 saturated heterocycles. The maximum atomic E-state index is 13.6. The zero-order chi connectivity index (χ0) is 30.7. The van der Waals surface area contributed by atoms with Crippen molar-refractivity contribution in [2.75, 3.05) is 5.75 Å². The third-order valence-corrected chi connectivity index (χ3v) is 7.76. The molecule has 0 spiro atoms. The molecular formula is C27H35N7O6S2. The summed E-state index contributed by atoms with van der Waals surface area (Å²) in [5, 5.41) is 21.7. The van der Waals surface area contributed by atoms with Crippen LogP contribution in [-0.2, 0) is 43.8 Å². The van der Waals surface area contributed by atoms with Crippen LogP contribution in [0.1, 0.15) is 23.2 Å². The number of thiol groups is 1. The van der Waals surface area contributed by atoms with E-state index in [9.17, 15) is 27.9 Å². The maximum Gasteiger partial charge on any atom is 0.243 e.